The molecule has 286 valence electrons. The second-order valence-electron chi connectivity index (χ2n) is 13.2. The first kappa shape index (κ1) is 14.1. The molecule has 61 heavy (non-hydrogen) atoms. The van der Waals surface area contributed by atoms with Gasteiger partial charge in [0.05, 0.1) is 56.1 Å². The summed E-state index contributed by atoms with van der Waals surface area (Å²) in [5, 5.41) is -2.00. The van der Waals surface area contributed by atoms with E-state index in [0.29, 0.717) is 17.0 Å². The van der Waals surface area contributed by atoms with Crippen LogP contribution in [0.3, 0.4) is 0 Å². The summed E-state index contributed by atoms with van der Waals surface area (Å²) in [6.07, 6.45) is 0. The molecule has 0 saturated carbocycles. The van der Waals surface area contributed by atoms with Crippen LogP contribution in [-0.2, 0) is 5.41 Å². The maximum absolute atomic E-state index is 10.1. The molecule has 11 aromatic rings. The molecule has 0 unspecified atom stereocenters. The molecule has 2 nitrogen and oxygen atoms in total. The Morgan fingerprint density at radius 3 is 1.69 bits per heavy atom. The summed E-state index contributed by atoms with van der Waals surface area (Å²) >= 11 is 0. The van der Waals surface area contributed by atoms with E-state index in [1.54, 1.807) is 0 Å². The fourth-order valence-corrected chi connectivity index (χ4v) is 7.48. The lowest BCUT2D eigenvalue weighted by Crippen LogP contribution is -2.28. The molecular formula is C59H39NO. The van der Waals surface area contributed by atoms with Gasteiger partial charge in [-0.2, -0.15) is 0 Å². The Balaban J connectivity index is 1.30. The monoisotopic (exact) mass is 815 g/mol. The average molecular weight is 815 g/mol. The van der Waals surface area contributed by atoms with E-state index in [4.69, 9.17) is 33.2 Å². The third kappa shape index (κ3) is 5.50. The van der Waals surface area contributed by atoms with Gasteiger partial charge in [0.25, 0.3) is 0 Å². The highest BCUT2D eigenvalue weighted by Crippen LogP contribution is 2.57. The van der Waals surface area contributed by atoms with Crippen LogP contribution in [0.25, 0.3) is 66.1 Å². The molecule has 1 heterocycles. The normalized spacial score (nSPS) is 21.2. The number of hydrogen-bond acceptors (Lipinski definition) is 2. The molecular weight excluding hydrogens is 739 g/mol. The van der Waals surface area contributed by atoms with Crippen molar-refractivity contribution in [2.75, 3.05) is 4.90 Å². The summed E-state index contributed by atoms with van der Waals surface area (Å²) < 4.78 is 346. The molecule has 0 amide bonds. The van der Waals surface area contributed by atoms with Gasteiger partial charge in [0.15, 0.2) is 0 Å². The van der Waals surface area contributed by atoms with Crippen LogP contribution in [0.1, 0.15) is 73.0 Å². The Hall–Kier alpha value is -7.94. The highest BCUT2D eigenvalue weighted by atomic mass is 16.3. The number of nitrogens with zero attached hydrogens (tertiary/aromatic N) is 1. The first-order chi connectivity index (χ1) is 45.6. The van der Waals surface area contributed by atoms with Crippen LogP contribution in [0, 0.1) is 0 Å². The van der Waals surface area contributed by atoms with Gasteiger partial charge < -0.3 is 9.32 Å². The lowest BCUT2D eigenvalue weighted by molar-refractivity contribution is 0.674. The van der Waals surface area contributed by atoms with Crippen molar-refractivity contribution in [3.05, 3.63) is 258 Å². The van der Waals surface area contributed by atoms with Crippen LogP contribution >= 0.6 is 0 Å². The number of rotatable bonds is 7. The van der Waals surface area contributed by atoms with E-state index in [1.807, 2.05) is 0 Å². The van der Waals surface area contributed by atoms with Gasteiger partial charge in [0.2, 0.25) is 0 Å². The summed E-state index contributed by atoms with van der Waals surface area (Å²) in [7, 11) is 0. The van der Waals surface area contributed by atoms with Crippen LogP contribution < -0.4 is 4.90 Å². The summed E-state index contributed by atoms with van der Waals surface area (Å²) in [5.74, 6) is 0. The molecule has 0 N–H and O–H groups in total. The molecule has 0 radical (unpaired) electrons. The largest absolute Gasteiger partial charge is 0.455 e. The second-order valence-corrected chi connectivity index (χ2v) is 13.2. The minimum atomic E-state index is -3.33. The Morgan fingerprint density at radius 2 is 0.918 bits per heavy atom. The number of hydrogen-bond donors (Lipinski definition) is 0. The molecule has 12 rings (SSSR count). The summed E-state index contributed by atoms with van der Waals surface area (Å²) in [6, 6.07) is -38.6. The molecule has 10 aromatic carbocycles. The fourth-order valence-electron chi connectivity index (χ4n) is 7.48. The molecule has 1 aliphatic rings. The van der Waals surface area contributed by atoms with Crippen molar-refractivity contribution in [1.29, 1.82) is 0 Å². The first-order valence-electron chi connectivity index (χ1n) is 36.5. The first-order valence-corrected chi connectivity index (χ1v) is 18.0. The summed E-state index contributed by atoms with van der Waals surface area (Å²) in [5.41, 5.74) is -16.9. The number of benzene rings is 10. The van der Waals surface area contributed by atoms with E-state index in [0.717, 1.165) is 0 Å². The Bertz CT molecular complexity index is 5440. The standard InChI is InChI=1S/C59H39NO/c1-4-15-40(16-5-1)41-27-32-46(33-28-41)60(47-34-29-43(30-35-47)50-24-14-25-53-54-37-31-42-17-10-11-22-49(42)58(54)61-57(50)53)48-36-38-52-51-23-12-13-26-55(51)59(56(52)39-48,44-18-6-2-7-19-44)45-20-8-3-9-21-45/h1-39H/i1D,2D,3D,4D,5D,6D,7D,8D,9D,10D,11D,12D,13D,14D,15D,16D,17D,18D,19D,20D,21D,22D,23D,24D,25D,26D,27D,28D,29D,31D,32D,33D,34D,35D,36D,37D,38D. The van der Waals surface area contributed by atoms with E-state index in [9.17, 15) is 21.9 Å². The smallest absolute Gasteiger partial charge is 0.143 e. The van der Waals surface area contributed by atoms with E-state index in [-0.39, 0.29) is 0 Å². The minimum Gasteiger partial charge on any atom is -0.455 e. The van der Waals surface area contributed by atoms with E-state index >= 15 is 0 Å². The summed E-state index contributed by atoms with van der Waals surface area (Å²) in [6.45, 7) is 0. The zero-order valence-corrected chi connectivity index (χ0v) is 30.5. The van der Waals surface area contributed by atoms with Gasteiger partial charge in [-0.3, -0.25) is 0 Å². The molecule has 0 spiro atoms. The number of furan rings is 1. The van der Waals surface area contributed by atoms with Crippen LogP contribution in [-0.4, -0.2) is 0 Å². The highest BCUT2D eigenvalue weighted by Gasteiger charge is 2.46. The van der Waals surface area contributed by atoms with Gasteiger partial charge in [-0.15, -0.1) is 0 Å². The summed E-state index contributed by atoms with van der Waals surface area (Å²) in [4.78, 5) is 0.398. The molecule has 1 aliphatic carbocycles. The lowest BCUT2D eigenvalue weighted by Gasteiger charge is -2.35. The number of anilines is 3. The van der Waals surface area contributed by atoms with E-state index in [1.165, 1.54) is 0 Å². The zero-order chi connectivity index (χ0) is 72.5. The zero-order valence-electron chi connectivity index (χ0n) is 67.5. The van der Waals surface area contributed by atoms with Gasteiger partial charge in [-0.25, -0.2) is 0 Å². The van der Waals surface area contributed by atoms with Crippen molar-refractivity contribution in [1.82, 2.24) is 0 Å². The second kappa shape index (κ2) is 14.1. The lowest BCUT2D eigenvalue weighted by atomic mass is 9.67. The van der Waals surface area contributed by atoms with Gasteiger partial charge >= 0.3 is 0 Å². The average Bonchev–Trinajstić information content (AvgIpc) is 1.47. The quantitative estimate of drug-likeness (QED) is 0.159. The van der Waals surface area contributed by atoms with Gasteiger partial charge in [-0.05, 0) is 97.8 Å². The Morgan fingerprint density at radius 1 is 0.361 bits per heavy atom. The van der Waals surface area contributed by atoms with Crippen molar-refractivity contribution in [2.45, 2.75) is 5.41 Å². The van der Waals surface area contributed by atoms with Crippen LogP contribution in [0.2, 0.25) is 0 Å². The third-order valence-corrected chi connectivity index (χ3v) is 10.1. The van der Waals surface area contributed by atoms with Crippen LogP contribution in [0.15, 0.2) is 240 Å². The molecule has 0 saturated heterocycles. The van der Waals surface area contributed by atoms with Gasteiger partial charge in [-0.1, -0.05) is 193 Å². The highest BCUT2D eigenvalue weighted by molar-refractivity contribution is 6.17. The van der Waals surface area contributed by atoms with Gasteiger partial charge in [0.1, 0.15) is 11.2 Å². The Kier molecular flexibility index (Phi) is 3.26. The van der Waals surface area contributed by atoms with Crippen LogP contribution in [0.5, 0.6) is 0 Å². The fraction of sp³-hybridized carbons (Fsp3) is 0.0169. The maximum atomic E-state index is 10.1. The van der Waals surface area contributed by atoms with Crippen molar-refractivity contribution < 1.29 is 55.1 Å². The van der Waals surface area contributed by atoms with Crippen molar-refractivity contribution in [2.24, 2.45) is 0 Å². The predicted octanol–water partition coefficient (Wildman–Crippen LogP) is 15.9. The molecule has 1 aromatic heterocycles. The predicted molar refractivity (Wildman–Crippen MR) is 254 cm³/mol. The van der Waals surface area contributed by atoms with Gasteiger partial charge in [0, 0.05) is 38.8 Å². The third-order valence-electron chi connectivity index (χ3n) is 10.1. The van der Waals surface area contributed by atoms with Crippen molar-refractivity contribution in [3.8, 4) is 33.4 Å². The van der Waals surface area contributed by atoms with Crippen molar-refractivity contribution in [3.63, 3.8) is 0 Å². The molecule has 0 fully saturated rings. The topological polar surface area (TPSA) is 16.4 Å². The SMILES string of the molecule is [2H]c1cc(-c2c([2H])c([2H])c([2H])c3c2oc2c4c([2H])c([2H])c([2H])c([2H])c4c([2H])c([2H])c23)c([2H])c([2H])c1N(c1cc2c(c([2H])c1[2H])-c1c([2H])c([2H])c([2H])c([2H])c1C2(c1c([2H])c([2H])c([2H])c([2H])c1[2H])c1c([2H])c([2H])c([2H])c([2H])c1[2H])c1c([2H])c([2H])c(-c2c([2H])c([2H])c([2H])c([2H])c2[2H])c([2H])c1[2H]. The Labute approximate surface area is 407 Å². The molecule has 0 atom stereocenters. The van der Waals surface area contributed by atoms with Crippen LogP contribution in [0.4, 0.5) is 17.1 Å². The minimum absolute atomic E-state index is 0.398. The molecule has 0 bridgehead atoms. The maximum Gasteiger partial charge on any atom is 0.143 e. The van der Waals surface area contributed by atoms with E-state index < -0.39 is 334 Å². The number of para-hydroxylation sites is 1. The molecule has 2 heteroatoms. The van der Waals surface area contributed by atoms with E-state index in [2.05, 4.69) is 0 Å². The molecule has 0 aliphatic heterocycles. The number of fused-ring (bicyclic) bond motifs is 8. The van der Waals surface area contributed by atoms with Crippen molar-refractivity contribution >= 4 is 49.8 Å².